The maximum atomic E-state index is 6.84. The van der Waals surface area contributed by atoms with Gasteiger partial charge >= 0.3 is 0 Å². The van der Waals surface area contributed by atoms with Crippen molar-refractivity contribution in [3.63, 3.8) is 0 Å². The van der Waals surface area contributed by atoms with Gasteiger partial charge in [0.25, 0.3) is 0 Å². The van der Waals surface area contributed by atoms with E-state index >= 15 is 0 Å². The van der Waals surface area contributed by atoms with Crippen molar-refractivity contribution in [2.24, 2.45) is 0 Å². The zero-order valence-corrected chi connectivity index (χ0v) is 17.3. The van der Waals surface area contributed by atoms with E-state index in [0.29, 0.717) is 6.61 Å². The first-order valence-corrected chi connectivity index (χ1v) is 11.0. The highest BCUT2D eigenvalue weighted by molar-refractivity contribution is 7.98. The summed E-state index contributed by atoms with van der Waals surface area (Å²) in [4.78, 5) is 1.26. The minimum atomic E-state index is -0.679. The molecule has 0 unspecified atom stereocenters. The Morgan fingerprint density at radius 2 is 1.00 bits per heavy atom. The predicted molar refractivity (Wildman–Crippen MR) is 122 cm³/mol. The summed E-state index contributed by atoms with van der Waals surface area (Å²) in [6, 6.07) is 40.1. The molecular formula is C27H24OS. The van der Waals surface area contributed by atoms with Crippen molar-refractivity contribution in [3.8, 4) is 0 Å². The standard InChI is InChI=1S/C27H24OS/c1-29-26-19-17-22(18-20-26)21-28-27(23-11-5-2-6-12-23,24-13-7-3-8-14-24)25-15-9-4-10-16-25/h2-20H,21H2,1H3. The fraction of sp³-hybridized carbons (Fsp3) is 0.111. The summed E-state index contributed by atoms with van der Waals surface area (Å²) >= 11 is 1.75. The molecule has 0 aliphatic carbocycles. The second-order valence-electron chi connectivity index (χ2n) is 6.92. The van der Waals surface area contributed by atoms with E-state index in [9.17, 15) is 0 Å². The lowest BCUT2D eigenvalue weighted by molar-refractivity contribution is 0.000226. The van der Waals surface area contributed by atoms with Gasteiger partial charge in [-0.05, 0) is 40.6 Å². The van der Waals surface area contributed by atoms with Crippen LogP contribution in [-0.4, -0.2) is 6.26 Å². The SMILES string of the molecule is CSc1ccc(COC(c2ccccc2)(c2ccccc2)c2ccccc2)cc1. The zero-order chi connectivity index (χ0) is 19.9. The smallest absolute Gasteiger partial charge is 0.144 e. The first-order valence-electron chi connectivity index (χ1n) is 9.76. The molecule has 0 saturated heterocycles. The average Bonchev–Trinajstić information content (AvgIpc) is 2.82. The summed E-state index contributed by atoms with van der Waals surface area (Å²) in [6.07, 6.45) is 2.09. The molecule has 0 radical (unpaired) electrons. The maximum absolute atomic E-state index is 6.84. The van der Waals surface area contributed by atoms with E-state index in [0.717, 1.165) is 22.3 Å². The van der Waals surface area contributed by atoms with Gasteiger partial charge in [0, 0.05) is 4.90 Å². The fourth-order valence-corrected chi connectivity index (χ4v) is 4.09. The molecule has 0 heterocycles. The molecule has 29 heavy (non-hydrogen) atoms. The van der Waals surface area contributed by atoms with Crippen molar-refractivity contribution in [1.29, 1.82) is 0 Å². The molecule has 0 saturated carbocycles. The van der Waals surface area contributed by atoms with Crippen LogP contribution in [0.4, 0.5) is 0 Å². The molecule has 0 aromatic heterocycles. The van der Waals surface area contributed by atoms with Crippen LogP contribution >= 0.6 is 11.8 Å². The van der Waals surface area contributed by atoms with E-state index in [2.05, 4.69) is 103 Å². The Morgan fingerprint density at radius 3 is 1.38 bits per heavy atom. The van der Waals surface area contributed by atoms with E-state index in [1.54, 1.807) is 11.8 Å². The number of thioether (sulfide) groups is 1. The molecule has 0 fully saturated rings. The van der Waals surface area contributed by atoms with Gasteiger partial charge in [0.2, 0.25) is 0 Å². The van der Waals surface area contributed by atoms with Crippen LogP contribution in [0.3, 0.4) is 0 Å². The van der Waals surface area contributed by atoms with Crippen molar-refractivity contribution in [2.45, 2.75) is 17.1 Å². The largest absolute Gasteiger partial charge is 0.356 e. The highest BCUT2D eigenvalue weighted by Gasteiger charge is 2.37. The molecule has 4 aromatic carbocycles. The zero-order valence-electron chi connectivity index (χ0n) is 16.5. The Labute approximate surface area is 177 Å². The number of ether oxygens (including phenoxy) is 1. The Balaban J connectivity index is 1.83. The normalized spacial score (nSPS) is 11.3. The third-order valence-corrected chi connectivity index (χ3v) is 5.90. The lowest BCUT2D eigenvalue weighted by atomic mass is 9.80. The molecule has 2 heteroatoms. The lowest BCUT2D eigenvalue weighted by Crippen LogP contribution is -2.32. The summed E-state index contributed by atoms with van der Waals surface area (Å²) in [5.74, 6) is 0. The van der Waals surface area contributed by atoms with Crippen molar-refractivity contribution in [3.05, 3.63) is 138 Å². The molecular weight excluding hydrogens is 372 g/mol. The van der Waals surface area contributed by atoms with Crippen LogP contribution in [0, 0.1) is 0 Å². The quantitative estimate of drug-likeness (QED) is 0.248. The topological polar surface area (TPSA) is 9.23 Å². The first-order chi connectivity index (χ1) is 14.3. The van der Waals surface area contributed by atoms with Crippen LogP contribution in [0.1, 0.15) is 22.3 Å². The van der Waals surface area contributed by atoms with Crippen LogP contribution in [0.2, 0.25) is 0 Å². The molecule has 0 aliphatic rings. The highest BCUT2D eigenvalue weighted by atomic mass is 32.2. The number of hydrogen-bond acceptors (Lipinski definition) is 2. The molecule has 0 spiro atoms. The summed E-state index contributed by atoms with van der Waals surface area (Å²) in [5, 5.41) is 0. The molecule has 0 atom stereocenters. The molecule has 0 bridgehead atoms. The third-order valence-electron chi connectivity index (χ3n) is 5.16. The predicted octanol–water partition coefficient (Wildman–Crippen LogP) is 6.92. The van der Waals surface area contributed by atoms with Gasteiger partial charge in [-0.1, -0.05) is 103 Å². The van der Waals surface area contributed by atoms with Crippen molar-refractivity contribution in [2.75, 3.05) is 6.26 Å². The number of benzene rings is 4. The third kappa shape index (κ3) is 4.14. The average molecular weight is 397 g/mol. The van der Waals surface area contributed by atoms with Crippen LogP contribution in [0.5, 0.6) is 0 Å². The summed E-state index contributed by atoms with van der Waals surface area (Å²) in [7, 11) is 0. The Hall–Kier alpha value is -2.81. The van der Waals surface area contributed by atoms with Crippen LogP contribution < -0.4 is 0 Å². The van der Waals surface area contributed by atoms with Gasteiger partial charge in [-0.2, -0.15) is 0 Å². The Morgan fingerprint density at radius 1 is 0.586 bits per heavy atom. The van der Waals surface area contributed by atoms with E-state index in [-0.39, 0.29) is 0 Å². The van der Waals surface area contributed by atoms with Gasteiger partial charge in [-0.3, -0.25) is 0 Å². The van der Waals surface area contributed by atoms with Crippen LogP contribution in [0.15, 0.2) is 120 Å². The van der Waals surface area contributed by atoms with Gasteiger partial charge in [0.1, 0.15) is 5.60 Å². The minimum absolute atomic E-state index is 0.521. The van der Waals surface area contributed by atoms with E-state index < -0.39 is 5.60 Å². The first kappa shape index (κ1) is 19.5. The molecule has 0 aliphatic heterocycles. The van der Waals surface area contributed by atoms with Gasteiger partial charge in [-0.15, -0.1) is 11.8 Å². The molecule has 0 N–H and O–H groups in total. The molecule has 1 nitrogen and oxygen atoms in total. The Bertz CT molecular complexity index is 916. The highest BCUT2D eigenvalue weighted by Crippen LogP contribution is 2.41. The molecule has 4 rings (SSSR count). The number of rotatable bonds is 7. The molecule has 4 aromatic rings. The van der Waals surface area contributed by atoms with Crippen molar-refractivity contribution < 1.29 is 4.74 Å². The minimum Gasteiger partial charge on any atom is -0.356 e. The second kappa shape index (κ2) is 9.13. The van der Waals surface area contributed by atoms with Crippen LogP contribution in [0.25, 0.3) is 0 Å². The summed E-state index contributed by atoms with van der Waals surface area (Å²) in [6.45, 7) is 0.521. The van der Waals surface area contributed by atoms with Crippen molar-refractivity contribution >= 4 is 11.8 Å². The van der Waals surface area contributed by atoms with E-state index in [1.807, 2.05) is 18.2 Å². The number of hydrogen-bond donors (Lipinski definition) is 0. The van der Waals surface area contributed by atoms with Gasteiger partial charge in [0.05, 0.1) is 6.61 Å². The fourth-order valence-electron chi connectivity index (χ4n) is 3.68. The monoisotopic (exact) mass is 396 g/mol. The van der Waals surface area contributed by atoms with Crippen molar-refractivity contribution in [1.82, 2.24) is 0 Å². The van der Waals surface area contributed by atoms with Gasteiger partial charge in [0.15, 0.2) is 0 Å². The van der Waals surface area contributed by atoms with Gasteiger partial charge < -0.3 is 4.74 Å². The molecule has 0 amide bonds. The van der Waals surface area contributed by atoms with E-state index in [4.69, 9.17) is 4.74 Å². The lowest BCUT2D eigenvalue weighted by Gasteiger charge is -2.36. The second-order valence-corrected chi connectivity index (χ2v) is 7.80. The van der Waals surface area contributed by atoms with E-state index in [1.165, 1.54) is 4.90 Å². The summed E-state index contributed by atoms with van der Waals surface area (Å²) < 4.78 is 6.84. The maximum Gasteiger partial charge on any atom is 0.144 e. The van der Waals surface area contributed by atoms with Gasteiger partial charge in [-0.25, -0.2) is 0 Å². The van der Waals surface area contributed by atoms with Crippen LogP contribution in [-0.2, 0) is 16.9 Å². The Kier molecular flexibility index (Phi) is 6.14. The molecule has 144 valence electrons. The summed E-state index contributed by atoms with van der Waals surface area (Å²) in [5.41, 5.74) is 3.85.